The van der Waals surface area contributed by atoms with E-state index in [0.29, 0.717) is 6.54 Å². The molecule has 0 spiro atoms. The number of hydrogen-bond donors (Lipinski definition) is 1. The molecular weight excluding hydrogens is 172 g/mol. The molecule has 0 saturated carbocycles. The molecule has 14 heavy (non-hydrogen) atoms. The SMILES string of the molecule is C=CCN=C1CCc2ccccc2N1. The number of nitrogens with zero attached hydrogens (tertiary/aromatic N) is 1. The molecule has 0 aromatic heterocycles. The molecule has 1 N–H and O–H groups in total. The van der Waals surface area contributed by atoms with Crippen LogP contribution in [0.1, 0.15) is 12.0 Å². The van der Waals surface area contributed by atoms with Crippen LogP contribution in [-0.4, -0.2) is 12.4 Å². The van der Waals surface area contributed by atoms with Crippen LogP contribution in [0.4, 0.5) is 5.69 Å². The minimum atomic E-state index is 0.699. The van der Waals surface area contributed by atoms with E-state index in [2.05, 4.69) is 35.1 Å². The van der Waals surface area contributed by atoms with Crippen molar-refractivity contribution in [3.8, 4) is 0 Å². The van der Waals surface area contributed by atoms with Crippen LogP contribution in [0.2, 0.25) is 0 Å². The fraction of sp³-hybridized carbons (Fsp3) is 0.250. The summed E-state index contributed by atoms with van der Waals surface area (Å²) in [5.41, 5.74) is 2.58. The smallest absolute Gasteiger partial charge is 0.101 e. The number of nitrogens with one attached hydrogen (secondary N) is 1. The van der Waals surface area contributed by atoms with Gasteiger partial charge in [0.05, 0.1) is 6.54 Å². The Hall–Kier alpha value is -1.57. The van der Waals surface area contributed by atoms with Crippen LogP contribution in [0.15, 0.2) is 41.9 Å². The molecule has 0 saturated heterocycles. The molecule has 0 fully saturated rings. The summed E-state index contributed by atoms with van der Waals surface area (Å²) in [4.78, 5) is 4.39. The van der Waals surface area contributed by atoms with Crippen molar-refractivity contribution < 1.29 is 0 Å². The first kappa shape index (κ1) is 9.00. The van der Waals surface area contributed by atoms with Crippen LogP contribution in [0, 0.1) is 0 Å². The summed E-state index contributed by atoms with van der Waals surface area (Å²) in [6.07, 6.45) is 3.90. The zero-order valence-corrected chi connectivity index (χ0v) is 8.16. The van der Waals surface area contributed by atoms with E-state index in [9.17, 15) is 0 Å². The number of hydrogen-bond acceptors (Lipinski definition) is 1. The van der Waals surface area contributed by atoms with Gasteiger partial charge in [0.25, 0.3) is 0 Å². The highest BCUT2D eigenvalue weighted by Crippen LogP contribution is 2.21. The van der Waals surface area contributed by atoms with Gasteiger partial charge in [0, 0.05) is 12.1 Å². The number of fused-ring (bicyclic) bond motifs is 1. The Morgan fingerprint density at radius 3 is 3.07 bits per heavy atom. The Labute approximate surface area is 84.4 Å². The number of amidine groups is 1. The van der Waals surface area contributed by atoms with Gasteiger partial charge in [0.15, 0.2) is 0 Å². The molecule has 0 aliphatic carbocycles. The van der Waals surface area contributed by atoms with Gasteiger partial charge in [-0.15, -0.1) is 6.58 Å². The van der Waals surface area contributed by atoms with Gasteiger partial charge < -0.3 is 5.32 Å². The molecule has 0 radical (unpaired) electrons. The van der Waals surface area contributed by atoms with Crippen molar-refractivity contribution >= 4 is 11.5 Å². The van der Waals surface area contributed by atoms with Crippen molar-refractivity contribution in [1.82, 2.24) is 0 Å². The van der Waals surface area contributed by atoms with E-state index in [1.54, 1.807) is 0 Å². The molecular formula is C12H14N2. The molecule has 1 aliphatic heterocycles. The number of para-hydroxylation sites is 1. The predicted octanol–water partition coefficient (Wildman–Crippen LogP) is 2.63. The summed E-state index contributed by atoms with van der Waals surface area (Å²) in [7, 11) is 0. The van der Waals surface area contributed by atoms with E-state index >= 15 is 0 Å². The van der Waals surface area contributed by atoms with Crippen LogP contribution < -0.4 is 5.32 Å². The van der Waals surface area contributed by atoms with Gasteiger partial charge in [-0.25, -0.2) is 0 Å². The van der Waals surface area contributed by atoms with E-state index in [4.69, 9.17) is 0 Å². The van der Waals surface area contributed by atoms with Gasteiger partial charge in [-0.3, -0.25) is 4.99 Å². The predicted molar refractivity (Wildman–Crippen MR) is 60.9 cm³/mol. The Kier molecular flexibility index (Phi) is 2.63. The first-order valence-corrected chi connectivity index (χ1v) is 4.89. The van der Waals surface area contributed by atoms with Crippen molar-refractivity contribution in [3.63, 3.8) is 0 Å². The van der Waals surface area contributed by atoms with Gasteiger partial charge in [0.2, 0.25) is 0 Å². The fourth-order valence-electron chi connectivity index (χ4n) is 1.62. The molecule has 0 atom stereocenters. The maximum Gasteiger partial charge on any atom is 0.101 e. The van der Waals surface area contributed by atoms with Crippen molar-refractivity contribution in [2.24, 2.45) is 4.99 Å². The minimum Gasteiger partial charge on any atom is -0.344 e. The van der Waals surface area contributed by atoms with Crippen molar-refractivity contribution in [2.75, 3.05) is 11.9 Å². The highest BCUT2D eigenvalue weighted by atomic mass is 15.0. The van der Waals surface area contributed by atoms with Crippen LogP contribution in [0.3, 0.4) is 0 Å². The lowest BCUT2D eigenvalue weighted by atomic mass is 10.0. The van der Waals surface area contributed by atoms with E-state index in [-0.39, 0.29) is 0 Å². The number of aryl methyl sites for hydroxylation is 1. The Morgan fingerprint density at radius 2 is 2.21 bits per heavy atom. The summed E-state index contributed by atoms with van der Waals surface area (Å²) in [5, 5.41) is 3.33. The molecule has 1 aromatic rings. The topological polar surface area (TPSA) is 24.4 Å². The fourth-order valence-corrected chi connectivity index (χ4v) is 1.62. The molecule has 0 unspecified atom stereocenters. The summed E-state index contributed by atoms with van der Waals surface area (Å²) >= 11 is 0. The van der Waals surface area contributed by atoms with Crippen LogP contribution in [0.5, 0.6) is 0 Å². The molecule has 0 bridgehead atoms. The molecule has 1 heterocycles. The van der Waals surface area contributed by atoms with Gasteiger partial charge in [-0.2, -0.15) is 0 Å². The summed E-state index contributed by atoms with van der Waals surface area (Å²) in [6.45, 7) is 4.35. The first-order chi connectivity index (χ1) is 6.90. The molecule has 2 rings (SSSR count). The highest BCUT2D eigenvalue weighted by molar-refractivity contribution is 5.98. The van der Waals surface area contributed by atoms with Gasteiger partial charge in [-0.1, -0.05) is 24.3 Å². The lowest BCUT2D eigenvalue weighted by molar-refractivity contribution is 0.997. The largest absolute Gasteiger partial charge is 0.344 e. The van der Waals surface area contributed by atoms with Crippen LogP contribution in [0.25, 0.3) is 0 Å². The van der Waals surface area contributed by atoms with E-state index < -0.39 is 0 Å². The Balaban J connectivity index is 2.17. The Morgan fingerprint density at radius 1 is 1.36 bits per heavy atom. The lowest BCUT2D eigenvalue weighted by Gasteiger charge is -2.19. The van der Waals surface area contributed by atoms with Crippen molar-refractivity contribution in [3.05, 3.63) is 42.5 Å². The molecule has 2 nitrogen and oxygen atoms in total. The molecule has 1 aromatic carbocycles. The maximum absolute atomic E-state index is 4.39. The van der Waals surface area contributed by atoms with E-state index in [1.165, 1.54) is 11.3 Å². The molecule has 1 aliphatic rings. The van der Waals surface area contributed by atoms with Gasteiger partial charge in [0.1, 0.15) is 5.84 Å². The molecule has 0 amide bonds. The monoisotopic (exact) mass is 186 g/mol. The number of benzene rings is 1. The van der Waals surface area contributed by atoms with Crippen LogP contribution >= 0.6 is 0 Å². The minimum absolute atomic E-state index is 0.699. The average molecular weight is 186 g/mol. The lowest BCUT2D eigenvalue weighted by Crippen LogP contribution is -2.19. The third kappa shape index (κ3) is 1.84. The standard InChI is InChI=1S/C12H14N2/c1-2-9-13-12-8-7-10-5-3-4-6-11(10)14-12/h2-6H,1,7-9H2,(H,13,14). The maximum atomic E-state index is 4.39. The molecule has 72 valence electrons. The van der Waals surface area contributed by atoms with Crippen molar-refractivity contribution in [2.45, 2.75) is 12.8 Å². The third-order valence-electron chi connectivity index (χ3n) is 2.34. The number of rotatable bonds is 2. The van der Waals surface area contributed by atoms with E-state index in [0.717, 1.165) is 18.7 Å². The van der Waals surface area contributed by atoms with Gasteiger partial charge in [-0.05, 0) is 18.1 Å². The molecule has 2 heteroatoms. The average Bonchev–Trinajstić information content (AvgIpc) is 2.26. The third-order valence-corrected chi connectivity index (χ3v) is 2.34. The summed E-state index contributed by atoms with van der Waals surface area (Å²) in [5.74, 6) is 1.07. The highest BCUT2D eigenvalue weighted by Gasteiger charge is 2.11. The zero-order chi connectivity index (χ0) is 9.80. The number of aliphatic imine (C=N–C) groups is 1. The number of anilines is 1. The van der Waals surface area contributed by atoms with Gasteiger partial charge >= 0.3 is 0 Å². The normalized spacial score (nSPS) is 17.3. The summed E-state index contributed by atoms with van der Waals surface area (Å²) in [6, 6.07) is 8.37. The van der Waals surface area contributed by atoms with Crippen molar-refractivity contribution in [1.29, 1.82) is 0 Å². The zero-order valence-electron chi connectivity index (χ0n) is 8.16. The quantitative estimate of drug-likeness (QED) is 0.705. The van der Waals surface area contributed by atoms with Crippen LogP contribution in [-0.2, 0) is 6.42 Å². The second-order valence-electron chi connectivity index (χ2n) is 3.36. The Bertz CT molecular complexity index is 366. The second-order valence-corrected chi connectivity index (χ2v) is 3.36. The first-order valence-electron chi connectivity index (χ1n) is 4.89. The second kappa shape index (κ2) is 4.09. The van der Waals surface area contributed by atoms with E-state index in [1.807, 2.05) is 12.1 Å². The summed E-state index contributed by atoms with van der Waals surface area (Å²) < 4.78 is 0.